The van der Waals surface area contributed by atoms with E-state index in [1.807, 2.05) is 6.92 Å². The van der Waals surface area contributed by atoms with Crippen LogP contribution < -0.4 is 16.2 Å². The van der Waals surface area contributed by atoms with Crippen molar-refractivity contribution < 1.29 is 27.4 Å². The number of anilines is 1. The quantitative estimate of drug-likeness (QED) is 0.377. The number of unbranched alkanes of at least 4 members (excludes halogenated alkanes) is 1. The molecule has 9 nitrogen and oxygen atoms in total. The second-order valence-corrected chi connectivity index (χ2v) is 7.08. The monoisotopic (exact) mass is 453 g/mol. The minimum atomic E-state index is -4.57. The summed E-state index contributed by atoms with van der Waals surface area (Å²) in [6, 6.07) is 6.53. The Labute approximate surface area is 180 Å². The Morgan fingerprint density at radius 1 is 1.19 bits per heavy atom. The molecule has 2 aromatic heterocycles. The molecular weight excluding hydrogens is 431 g/mol. The fourth-order valence-electron chi connectivity index (χ4n) is 2.87. The number of halogens is 3. The van der Waals surface area contributed by atoms with E-state index in [1.165, 1.54) is 4.57 Å². The highest BCUT2D eigenvalue weighted by Crippen LogP contribution is 2.19. The number of nitrogens with two attached hydrogens (primary N) is 1. The number of ether oxygens (including phenoxy) is 2. The number of carbonyl (C=O) groups excluding carboxylic acids is 1. The van der Waals surface area contributed by atoms with E-state index in [4.69, 9.17) is 10.5 Å². The highest BCUT2D eigenvalue weighted by molar-refractivity contribution is 5.82. The first-order valence-electron chi connectivity index (χ1n) is 9.85. The molecule has 0 saturated carbocycles. The number of alkyl halides is 3. The zero-order chi connectivity index (χ0) is 23.3. The van der Waals surface area contributed by atoms with E-state index in [-0.39, 0.29) is 30.4 Å². The number of nitrogens with zero attached hydrogens (tertiary/aromatic N) is 3. The van der Waals surface area contributed by atoms with Crippen molar-refractivity contribution in [1.29, 1.82) is 0 Å². The number of aromatic nitrogens is 4. The third-order valence-electron chi connectivity index (χ3n) is 4.47. The van der Waals surface area contributed by atoms with Crippen molar-refractivity contribution in [2.24, 2.45) is 0 Å². The molecule has 0 unspecified atom stereocenters. The summed E-state index contributed by atoms with van der Waals surface area (Å²) in [4.78, 5) is 34.9. The van der Waals surface area contributed by atoms with Gasteiger partial charge in [-0.25, -0.2) is 4.79 Å². The van der Waals surface area contributed by atoms with Crippen molar-refractivity contribution in [2.45, 2.75) is 38.9 Å². The van der Waals surface area contributed by atoms with Crippen LogP contribution in [0.4, 0.5) is 19.0 Å². The van der Waals surface area contributed by atoms with Gasteiger partial charge in [0.1, 0.15) is 5.52 Å². The molecule has 0 aliphatic rings. The molecule has 2 heterocycles. The van der Waals surface area contributed by atoms with Gasteiger partial charge < -0.3 is 20.2 Å². The lowest BCUT2D eigenvalue weighted by Gasteiger charge is -2.09. The second-order valence-electron chi connectivity index (χ2n) is 7.08. The topological polar surface area (TPSA) is 125 Å². The molecule has 0 spiro atoms. The number of hydrogen-bond donors (Lipinski definition) is 2. The summed E-state index contributed by atoms with van der Waals surface area (Å²) in [5.41, 5.74) is 7.24. The minimum absolute atomic E-state index is 0.0731. The molecule has 0 amide bonds. The molecular formula is C20H22F3N5O4. The van der Waals surface area contributed by atoms with Gasteiger partial charge in [0.25, 0.3) is 0 Å². The Morgan fingerprint density at radius 2 is 1.88 bits per heavy atom. The van der Waals surface area contributed by atoms with Crippen LogP contribution >= 0.6 is 0 Å². The van der Waals surface area contributed by atoms with E-state index in [0.29, 0.717) is 23.3 Å². The van der Waals surface area contributed by atoms with Crippen LogP contribution in [-0.4, -0.2) is 44.9 Å². The van der Waals surface area contributed by atoms with Crippen LogP contribution in [0.5, 0.6) is 6.01 Å². The Bertz CT molecular complexity index is 1140. The highest BCUT2D eigenvalue weighted by atomic mass is 19.4. The number of nitrogen functional groups attached to an aromatic ring is 1. The van der Waals surface area contributed by atoms with Gasteiger partial charge in [0.15, 0.2) is 18.1 Å². The van der Waals surface area contributed by atoms with Gasteiger partial charge in [0, 0.05) is 0 Å². The molecule has 0 aliphatic carbocycles. The van der Waals surface area contributed by atoms with E-state index in [9.17, 15) is 22.8 Å². The number of hydrogen-bond acceptors (Lipinski definition) is 7. The summed E-state index contributed by atoms with van der Waals surface area (Å²) in [6.07, 6.45) is -3.12. The zero-order valence-electron chi connectivity index (χ0n) is 17.2. The first-order chi connectivity index (χ1) is 15.2. The lowest BCUT2D eigenvalue weighted by molar-refractivity contribution is -0.185. The van der Waals surface area contributed by atoms with Gasteiger partial charge in [-0.15, -0.1) is 0 Å². The maximum Gasteiger partial charge on any atom is 0.422 e. The molecule has 12 heteroatoms. The van der Waals surface area contributed by atoms with Crippen LogP contribution in [-0.2, 0) is 22.5 Å². The van der Waals surface area contributed by atoms with Crippen molar-refractivity contribution >= 4 is 23.0 Å². The van der Waals surface area contributed by atoms with Gasteiger partial charge in [-0.05, 0) is 17.5 Å². The lowest BCUT2D eigenvalue weighted by atomic mass is 10.1. The van der Waals surface area contributed by atoms with E-state index in [0.717, 1.165) is 12.8 Å². The van der Waals surface area contributed by atoms with Gasteiger partial charge in [0.05, 0.1) is 19.6 Å². The number of fused-ring (bicyclic) bond motifs is 1. The number of imidazole rings is 1. The fraction of sp³-hybridized carbons (Fsp3) is 0.400. The van der Waals surface area contributed by atoms with E-state index < -0.39 is 24.4 Å². The minimum Gasteiger partial charge on any atom is -0.463 e. The normalized spacial score (nSPS) is 11.6. The molecule has 0 saturated heterocycles. The van der Waals surface area contributed by atoms with E-state index in [1.54, 1.807) is 24.3 Å². The number of rotatable bonds is 9. The molecule has 3 rings (SSSR count). The third kappa shape index (κ3) is 5.99. The molecule has 3 N–H and O–H groups in total. The molecule has 0 atom stereocenters. The second kappa shape index (κ2) is 9.71. The maximum absolute atomic E-state index is 12.4. The molecule has 1 aromatic carbocycles. The van der Waals surface area contributed by atoms with Crippen LogP contribution in [0.25, 0.3) is 11.2 Å². The van der Waals surface area contributed by atoms with Crippen molar-refractivity contribution in [3.05, 3.63) is 45.9 Å². The first-order valence-corrected chi connectivity index (χ1v) is 9.85. The molecule has 32 heavy (non-hydrogen) atoms. The summed E-state index contributed by atoms with van der Waals surface area (Å²) >= 11 is 0. The number of benzene rings is 1. The summed E-state index contributed by atoms with van der Waals surface area (Å²) in [5.74, 6) is -0.893. The average molecular weight is 453 g/mol. The number of esters is 1. The molecule has 0 aliphatic heterocycles. The Morgan fingerprint density at radius 3 is 2.53 bits per heavy atom. The van der Waals surface area contributed by atoms with Gasteiger partial charge in [-0.3, -0.25) is 9.36 Å². The van der Waals surface area contributed by atoms with E-state index >= 15 is 0 Å². The van der Waals surface area contributed by atoms with Crippen LogP contribution in [0.15, 0.2) is 29.1 Å². The van der Waals surface area contributed by atoms with Crippen molar-refractivity contribution in [2.75, 3.05) is 18.9 Å². The standard InChI is InChI=1S/C20H22F3N5O4/c1-2-3-8-31-18-26-16(24)15-17(27-18)28(19(30)25-15)10-13-6-4-12(5-7-13)9-14(29)32-11-20(21,22)23/h4-7H,2-3,8-11H2,1H3,(H,25,30)(H2,24,26,27). The summed E-state index contributed by atoms with van der Waals surface area (Å²) < 4.78 is 47.4. The van der Waals surface area contributed by atoms with Crippen molar-refractivity contribution in [3.63, 3.8) is 0 Å². The Hall–Kier alpha value is -3.57. The number of H-pyrrole nitrogens is 1. The van der Waals surface area contributed by atoms with Gasteiger partial charge in [-0.2, -0.15) is 23.1 Å². The molecule has 172 valence electrons. The molecule has 3 aromatic rings. The van der Waals surface area contributed by atoms with Gasteiger partial charge >= 0.3 is 23.8 Å². The van der Waals surface area contributed by atoms with Gasteiger partial charge in [0.2, 0.25) is 0 Å². The summed E-state index contributed by atoms with van der Waals surface area (Å²) in [5, 5.41) is 0. The van der Waals surface area contributed by atoms with Crippen LogP contribution in [0.2, 0.25) is 0 Å². The fourth-order valence-corrected chi connectivity index (χ4v) is 2.87. The number of nitrogens with one attached hydrogen (secondary N) is 1. The van der Waals surface area contributed by atoms with Crippen LogP contribution in [0, 0.1) is 0 Å². The average Bonchev–Trinajstić information content (AvgIpc) is 3.04. The SMILES string of the molecule is CCCCOc1nc(N)c2[nH]c(=O)n(Cc3ccc(CC(=O)OCC(F)(F)F)cc3)c2n1. The smallest absolute Gasteiger partial charge is 0.422 e. The molecule has 0 fully saturated rings. The van der Waals surface area contributed by atoms with Gasteiger partial charge in [-0.1, -0.05) is 37.6 Å². The van der Waals surface area contributed by atoms with Crippen molar-refractivity contribution in [1.82, 2.24) is 19.5 Å². The number of carbonyl (C=O) groups is 1. The predicted octanol–water partition coefficient (Wildman–Crippen LogP) is 2.58. The predicted molar refractivity (Wildman–Crippen MR) is 109 cm³/mol. The molecule has 0 radical (unpaired) electrons. The summed E-state index contributed by atoms with van der Waals surface area (Å²) in [7, 11) is 0. The maximum atomic E-state index is 12.4. The van der Waals surface area contributed by atoms with E-state index in [2.05, 4.69) is 19.7 Å². The molecule has 0 bridgehead atoms. The highest BCUT2D eigenvalue weighted by Gasteiger charge is 2.29. The first kappa shape index (κ1) is 23.1. The zero-order valence-corrected chi connectivity index (χ0v) is 17.2. The van der Waals surface area contributed by atoms with Crippen LogP contribution in [0.1, 0.15) is 30.9 Å². The Kier molecular flexibility index (Phi) is 7.01. The summed E-state index contributed by atoms with van der Waals surface area (Å²) in [6.45, 7) is 0.955. The Balaban J connectivity index is 1.74. The number of aromatic amines is 1. The van der Waals surface area contributed by atoms with Crippen LogP contribution in [0.3, 0.4) is 0 Å². The largest absolute Gasteiger partial charge is 0.463 e. The third-order valence-corrected chi connectivity index (χ3v) is 4.47. The lowest BCUT2D eigenvalue weighted by Crippen LogP contribution is -2.21. The van der Waals surface area contributed by atoms with Crippen molar-refractivity contribution in [3.8, 4) is 6.01 Å².